The first kappa shape index (κ1) is 17.3. The molecule has 1 saturated carbocycles. The van der Waals surface area contributed by atoms with Crippen molar-refractivity contribution in [2.24, 2.45) is 13.0 Å². The highest BCUT2D eigenvalue weighted by Crippen LogP contribution is 2.41. The molecule has 2 unspecified atom stereocenters. The Kier molecular flexibility index (Phi) is 3.92. The minimum atomic E-state index is -0.0644. The SMILES string of the molecule is Cc1cc(-c2cc(OC(C)C3CNC(=O)C3)c3c(c2)ncn3C2CC2)nn1C. The molecule has 2 atom stereocenters. The van der Waals surface area contributed by atoms with Crippen LogP contribution in [0, 0.1) is 12.8 Å². The molecule has 7 nitrogen and oxygen atoms in total. The zero-order chi connectivity index (χ0) is 19.4. The summed E-state index contributed by atoms with van der Waals surface area (Å²) in [5.74, 6) is 1.11. The number of hydrogen-bond donors (Lipinski definition) is 1. The van der Waals surface area contributed by atoms with Crippen LogP contribution >= 0.6 is 0 Å². The van der Waals surface area contributed by atoms with Gasteiger partial charge in [0.25, 0.3) is 0 Å². The molecule has 2 aromatic heterocycles. The number of ether oxygens (including phenoxy) is 1. The van der Waals surface area contributed by atoms with Crippen molar-refractivity contribution in [3.8, 4) is 17.0 Å². The molecular formula is C21H25N5O2. The van der Waals surface area contributed by atoms with E-state index in [1.807, 2.05) is 31.9 Å². The summed E-state index contributed by atoms with van der Waals surface area (Å²) in [7, 11) is 1.95. The predicted octanol–water partition coefficient (Wildman–Crippen LogP) is 2.98. The van der Waals surface area contributed by atoms with Crippen LogP contribution in [0.15, 0.2) is 24.5 Å². The number of rotatable bonds is 5. The Bertz CT molecular complexity index is 1040. The Balaban J connectivity index is 1.57. The normalized spacial score (nSPS) is 20.5. The second kappa shape index (κ2) is 6.36. The van der Waals surface area contributed by atoms with Gasteiger partial charge in [0.05, 0.1) is 17.5 Å². The fourth-order valence-corrected chi connectivity index (χ4v) is 3.96. The van der Waals surface area contributed by atoms with E-state index < -0.39 is 0 Å². The molecule has 0 radical (unpaired) electrons. The number of nitrogens with zero attached hydrogens (tertiary/aromatic N) is 4. The van der Waals surface area contributed by atoms with E-state index in [4.69, 9.17) is 4.74 Å². The van der Waals surface area contributed by atoms with Gasteiger partial charge in [0.15, 0.2) is 0 Å². The van der Waals surface area contributed by atoms with E-state index in [0.29, 0.717) is 19.0 Å². The lowest BCUT2D eigenvalue weighted by Gasteiger charge is -2.21. The van der Waals surface area contributed by atoms with E-state index in [1.54, 1.807) is 0 Å². The summed E-state index contributed by atoms with van der Waals surface area (Å²) >= 11 is 0. The number of hydrogen-bond acceptors (Lipinski definition) is 4. The van der Waals surface area contributed by atoms with Crippen LogP contribution in [-0.4, -0.2) is 37.9 Å². The lowest BCUT2D eigenvalue weighted by atomic mass is 10.0. The van der Waals surface area contributed by atoms with Crippen LogP contribution < -0.4 is 10.1 Å². The summed E-state index contributed by atoms with van der Waals surface area (Å²) in [5.41, 5.74) is 4.99. The number of aryl methyl sites for hydroxylation is 2. The molecule has 1 aliphatic carbocycles. The van der Waals surface area contributed by atoms with E-state index in [1.165, 1.54) is 12.8 Å². The highest BCUT2D eigenvalue weighted by molar-refractivity contribution is 5.87. The monoisotopic (exact) mass is 379 g/mol. The van der Waals surface area contributed by atoms with E-state index in [0.717, 1.165) is 33.7 Å². The molecular weight excluding hydrogens is 354 g/mol. The summed E-state index contributed by atoms with van der Waals surface area (Å²) in [6, 6.07) is 6.76. The molecule has 1 N–H and O–H groups in total. The third kappa shape index (κ3) is 2.95. The van der Waals surface area contributed by atoms with Crippen molar-refractivity contribution in [2.45, 2.75) is 45.3 Å². The topological polar surface area (TPSA) is 74.0 Å². The van der Waals surface area contributed by atoms with Gasteiger partial charge in [0.1, 0.15) is 17.4 Å². The number of imidazole rings is 1. The minimum Gasteiger partial charge on any atom is -0.488 e. The van der Waals surface area contributed by atoms with Gasteiger partial charge in [-0.05, 0) is 44.9 Å². The van der Waals surface area contributed by atoms with Gasteiger partial charge in [-0.15, -0.1) is 0 Å². The van der Waals surface area contributed by atoms with Crippen molar-refractivity contribution in [3.05, 3.63) is 30.2 Å². The standard InChI is InChI=1S/C21H25N5O2/c1-12-6-17(24-25(12)3)14-7-18-21(26(11-23-18)16-4-5-16)19(8-14)28-13(2)15-9-20(27)22-10-15/h6-8,11,13,15-16H,4-5,9-10H2,1-3H3,(H,22,27). The maximum absolute atomic E-state index is 11.6. The number of aromatic nitrogens is 4. The maximum Gasteiger partial charge on any atom is 0.220 e. The molecule has 7 heteroatoms. The smallest absolute Gasteiger partial charge is 0.220 e. The molecule has 1 saturated heterocycles. The van der Waals surface area contributed by atoms with Crippen molar-refractivity contribution in [1.29, 1.82) is 0 Å². The van der Waals surface area contributed by atoms with Crippen LogP contribution in [0.3, 0.4) is 0 Å². The largest absolute Gasteiger partial charge is 0.488 e. The molecule has 1 aromatic carbocycles. The average molecular weight is 379 g/mol. The quantitative estimate of drug-likeness (QED) is 0.740. The van der Waals surface area contributed by atoms with Gasteiger partial charge in [-0.25, -0.2) is 4.98 Å². The Morgan fingerprint density at radius 2 is 2.11 bits per heavy atom. The van der Waals surface area contributed by atoms with E-state index in [9.17, 15) is 4.79 Å². The molecule has 2 aliphatic rings. The number of fused-ring (bicyclic) bond motifs is 1. The lowest BCUT2D eigenvalue weighted by Crippen LogP contribution is -2.25. The van der Waals surface area contributed by atoms with E-state index in [2.05, 4.69) is 38.2 Å². The molecule has 0 bridgehead atoms. The van der Waals surface area contributed by atoms with Crippen molar-refractivity contribution >= 4 is 16.9 Å². The van der Waals surface area contributed by atoms with Crippen LogP contribution in [0.2, 0.25) is 0 Å². The molecule has 1 aliphatic heterocycles. The van der Waals surface area contributed by atoms with Crippen LogP contribution in [0.1, 0.15) is 37.9 Å². The third-order valence-corrected chi connectivity index (χ3v) is 5.97. The average Bonchev–Trinajstić information content (AvgIpc) is 3.10. The van der Waals surface area contributed by atoms with Crippen LogP contribution in [0.25, 0.3) is 22.3 Å². The van der Waals surface area contributed by atoms with Crippen LogP contribution in [0.4, 0.5) is 0 Å². The first-order valence-corrected chi connectivity index (χ1v) is 9.94. The summed E-state index contributed by atoms with van der Waals surface area (Å²) in [4.78, 5) is 16.3. The second-order valence-electron chi connectivity index (χ2n) is 8.11. The predicted molar refractivity (Wildman–Crippen MR) is 106 cm³/mol. The fourth-order valence-electron chi connectivity index (χ4n) is 3.96. The van der Waals surface area contributed by atoms with Gasteiger partial charge in [0, 0.05) is 43.2 Å². The highest BCUT2D eigenvalue weighted by atomic mass is 16.5. The number of amides is 1. The molecule has 0 spiro atoms. The highest BCUT2D eigenvalue weighted by Gasteiger charge is 2.30. The third-order valence-electron chi connectivity index (χ3n) is 5.97. The van der Waals surface area contributed by atoms with Crippen LogP contribution in [0.5, 0.6) is 5.75 Å². The maximum atomic E-state index is 11.6. The van der Waals surface area contributed by atoms with Crippen molar-refractivity contribution in [1.82, 2.24) is 24.6 Å². The van der Waals surface area contributed by atoms with Crippen molar-refractivity contribution < 1.29 is 9.53 Å². The summed E-state index contributed by atoms with van der Waals surface area (Å²) < 4.78 is 10.6. The molecule has 1 amide bonds. The Hall–Kier alpha value is -2.83. The Labute approximate surface area is 163 Å². The molecule has 5 rings (SSSR count). The molecule has 28 heavy (non-hydrogen) atoms. The molecule has 3 heterocycles. The zero-order valence-corrected chi connectivity index (χ0v) is 16.5. The zero-order valence-electron chi connectivity index (χ0n) is 16.5. The number of nitrogens with one attached hydrogen (secondary N) is 1. The molecule has 2 fully saturated rings. The van der Waals surface area contributed by atoms with Crippen molar-refractivity contribution in [3.63, 3.8) is 0 Å². The van der Waals surface area contributed by atoms with Crippen LogP contribution in [-0.2, 0) is 11.8 Å². The van der Waals surface area contributed by atoms with Gasteiger partial charge < -0.3 is 14.6 Å². The lowest BCUT2D eigenvalue weighted by molar-refractivity contribution is -0.119. The summed E-state index contributed by atoms with van der Waals surface area (Å²) in [5, 5.41) is 7.53. The summed E-state index contributed by atoms with van der Waals surface area (Å²) in [6.45, 7) is 4.76. The number of benzene rings is 1. The Morgan fingerprint density at radius 3 is 2.75 bits per heavy atom. The van der Waals surface area contributed by atoms with Crippen molar-refractivity contribution in [2.75, 3.05) is 6.54 Å². The van der Waals surface area contributed by atoms with E-state index >= 15 is 0 Å². The number of carbonyl (C=O) groups excluding carboxylic acids is 1. The number of carbonyl (C=O) groups is 1. The molecule has 3 aromatic rings. The van der Waals surface area contributed by atoms with Gasteiger partial charge in [-0.2, -0.15) is 5.10 Å². The second-order valence-corrected chi connectivity index (χ2v) is 8.11. The fraction of sp³-hybridized carbons (Fsp3) is 0.476. The summed E-state index contributed by atoms with van der Waals surface area (Å²) in [6.07, 6.45) is 4.75. The van der Waals surface area contributed by atoms with Gasteiger partial charge in [-0.1, -0.05) is 0 Å². The first-order valence-electron chi connectivity index (χ1n) is 9.94. The first-order chi connectivity index (χ1) is 13.5. The van der Waals surface area contributed by atoms with E-state index in [-0.39, 0.29) is 17.9 Å². The van der Waals surface area contributed by atoms with Gasteiger partial charge >= 0.3 is 0 Å². The van der Waals surface area contributed by atoms with Gasteiger partial charge in [0.2, 0.25) is 5.91 Å². The minimum absolute atomic E-state index is 0.0644. The van der Waals surface area contributed by atoms with Gasteiger partial charge in [-0.3, -0.25) is 9.48 Å². The Morgan fingerprint density at radius 1 is 1.29 bits per heavy atom. The molecule has 146 valence electrons.